The van der Waals surface area contributed by atoms with Gasteiger partial charge in [-0.2, -0.15) is 0 Å². The van der Waals surface area contributed by atoms with Crippen molar-refractivity contribution in [1.29, 1.82) is 0 Å². The van der Waals surface area contributed by atoms with E-state index in [4.69, 9.17) is 0 Å². The molecule has 3 heteroatoms. The van der Waals surface area contributed by atoms with E-state index in [-0.39, 0.29) is 0 Å². The van der Waals surface area contributed by atoms with Gasteiger partial charge < -0.3 is 0 Å². The second-order valence-electron chi connectivity index (χ2n) is 4.80. The number of halogens is 1. The van der Waals surface area contributed by atoms with Crippen molar-refractivity contribution < 1.29 is 4.79 Å². The molecule has 1 aliphatic rings. The Morgan fingerprint density at radius 2 is 2.35 bits per heavy atom. The van der Waals surface area contributed by atoms with Crippen LogP contribution in [0.4, 0.5) is 0 Å². The van der Waals surface area contributed by atoms with Crippen LogP contribution in [-0.2, 0) is 11.3 Å². The van der Waals surface area contributed by atoms with Crippen LogP contribution < -0.4 is 0 Å². The van der Waals surface area contributed by atoms with Gasteiger partial charge in [0, 0.05) is 23.5 Å². The van der Waals surface area contributed by atoms with Crippen LogP contribution >= 0.6 is 15.9 Å². The monoisotopic (exact) mass is 295 g/mol. The lowest BCUT2D eigenvalue weighted by Crippen LogP contribution is -2.30. The summed E-state index contributed by atoms with van der Waals surface area (Å²) in [5.41, 5.74) is 1.31. The molecule has 1 aliphatic heterocycles. The lowest BCUT2D eigenvalue weighted by Gasteiger charge is -2.23. The molecule has 0 spiro atoms. The summed E-state index contributed by atoms with van der Waals surface area (Å²) < 4.78 is 1.12. The van der Waals surface area contributed by atoms with E-state index in [0.29, 0.717) is 18.2 Å². The average molecular weight is 296 g/mol. The fourth-order valence-electron chi connectivity index (χ4n) is 2.54. The van der Waals surface area contributed by atoms with E-state index in [0.717, 1.165) is 24.0 Å². The molecule has 0 aromatic heterocycles. The Balaban J connectivity index is 2.00. The van der Waals surface area contributed by atoms with Crippen molar-refractivity contribution in [1.82, 2.24) is 4.90 Å². The molecule has 0 aliphatic carbocycles. The molecule has 92 valence electrons. The second-order valence-corrected chi connectivity index (χ2v) is 5.72. The zero-order chi connectivity index (χ0) is 12.3. The number of rotatable bonds is 4. The summed E-state index contributed by atoms with van der Waals surface area (Å²) in [4.78, 5) is 13.7. The maximum Gasteiger partial charge on any atom is 0.131 e. The van der Waals surface area contributed by atoms with Crippen LogP contribution in [0.1, 0.15) is 31.7 Å². The highest BCUT2D eigenvalue weighted by molar-refractivity contribution is 9.10. The van der Waals surface area contributed by atoms with Crippen molar-refractivity contribution >= 4 is 21.7 Å². The van der Waals surface area contributed by atoms with Gasteiger partial charge >= 0.3 is 0 Å². The summed E-state index contributed by atoms with van der Waals surface area (Å²) in [7, 11) is 0. The van der Waals surface area contributed by atoms with Gasteiger partial charge in [-0.3, -0.25) is 9.69 Å². The Labute approximate surface area is 111 Å². The number of nitrogens with zero attached hydrogens (tertiary/aromatic N) is 1. The molecule has 0 radical (unpaired) electrons. The maximum atomic E-state index is 11.2. The highest BCUT2D eigenvalue weighted by Crippen LogP contribution is 2.23. The van der Waals surface area contributed by atoms with Crippen LogP contribution in [0.15, 0.2) is 28.7 Å². The van der Waals surface area contributed by atoms with E-state index >= 15 is 0 Å². The van der Waals surface area contributed by atoms with Crippen molar-refractivity contribution in [3.8, 4) is 0 Å². The molecule has 1 aromatic carbocycles. The predicted molar refractivity (Wildman–Crippen MR) is 72.9 cm³/mol. The van der Waals surface area contributed by atoms with E-state index in [1.54, 1.807) is 6.92 Å². The number of ketones is 1. The van der Waals surface area contributed by atoms with Crippen LogP contribution in [0, 0.1) is 0 Å². The van der Waals surface area contributed by atoms with Crippen molar-refractivity contribution in [2.75, 3.05) is 6.54 Å². The molecule has 2 nitrogen and oxygen atoms in total. The normalized spacial score (nSPS) is 20.7. The SMILES string of the molecule is CC(=O)CC1CCCN1Cc1cccc(Br)c1. The molecule has 1 atom stereocenters. The number of benzene rings is 1. The van der Waals surface area contributed by atoms with Gasteiger partial charge in [0.2, 0.25) is 0 Å². The minimum atomic E-state index is 0.302. The summed E-state index contributed by atoms with van der Waals surface area (Å²) in [5, 5.41) is 0. The highest BCUT2D eigenvalue weighted by atomic mass is 79.9. The molecule has 0 amide bonds. The first kappa shape index (κ1) is 12.8. The van der Waals surface area contributed by atoms with Crippen LogP contribution in [-0.4, -0.2) is 23.3 Å². The van der Waals surface area contributed by atoms with E-state index < -0.39 is 0 Å². The molecule has 0 bridgehead atoms. The number of carbonyl (C=O) groups excluding carboxylic acids is 1. The maximum absolute atomic E-state index is 11.2. The average Bonchev–Trinajstić information content (AvgIpc) is 2.65. The molecule has 0 N–H and O–H groups in total. The Bertz CT molecular complexity index is 405. The number of carbonyl (C=O) groups is 1. The van der Waals surface area contributed by atoms with E-state index in [1.807, 2.05) is 6.07 Å². The van der Waals surface area contributed by atoms with Gasteiger partial charge in [0.15, 0.2) is 0 Å². The lowest BCUT2D eigenvalue weighted by atomic mass is 10.1. The Morgan fingerprint density at radius 1 is 1.53 bits per heavy atom. The number of Topliss-reactive ketones (excluding diaryl/α,β-unsaturated/α-hetero) is 1. The topological polar surface area (TPSA) is 20.3 Å². The molecule has 17 heavy (non-hydrogen) atoms. The second kappa shape index (κ2) is 5.78. The zero-order valence-corrected chi connectivity index (χ0v) is 11.7. The molecular weight excluding hydrogens is 278 g/mol. The molecule has 2 rings (SSSR count). The number of hydrogen-bond donors (Lipinski definition) is 0. The van der Waals surface area contributed by atoms with Gasteiger partial charge in [-0.05, 0) is 44.0 Å². The quantitative estimate of drug-likeness (QED) is 0.849. The standard InChI is InChI=1S/C14H18BrNO/c1-11(17)8-14-6-3-7-16(14)10-12-4-2-5-13(15)9-12/h2,4-5,9,14H,3,6-8,10H2,1H3. The first-order valence-electron chi connectivity index (χ1n) is 6.13. The molecule has 0 saturated carbocycles. The fourth-order valence-corrected chi connectivity index (χ4v) is 2.98. The summed E-state index contributed by atoms with van der Waals surface area (Å²) in [6.45, 7) is 3.76. The first-order chi connectivity index (χ1) is 8.15. The van der Waals surface area contributed by atoms with Gasteiger partial charge in [0.25, 0.3) is 0 Å². The summed E-state index contributed by atoms with van der Waals surface area (Å²) >= 11 is 3.49. The van der Waals surface area contributed by atoms with E-state index in [9.17, 15) is 4.79 Å². The van der Waals surface area contributed by atoms with Gasteiger partial charge in [0.05, 0.1) is 0 Å². The van der Waals surface area contributed by atoms with E-state index in [2.05, 4.69) is 39.0 Å². The van der Waals surface area contributed by atoms with Crippen LogP contribution in [0.5, 0.6) is 0 Å². The largest absolute Gasteiger partial charge is 0.300 e. The van der Waals surface area contributed by atoms with Crippen LogP contribution in [0.2, 0.25) is 0 Å². The summed E-state index contributed by atoms with van der Waals surface area (Å²) in [5.74, 6) is 0.302. The van der Waals surface area contributed by atoms with Gasteiger partial charge in [-0.25, -0.2) is 0 Å². The third-order valence-corrected chi connectivity index (χ3v) is 3.79. The molecule has 1 aromatic rings. The molecule has 1 heterocycles. The van der Waals surface area contributed by atoms with Crippen molar-refractivity contribution in [2.24, 2.45) is 0 Å². The van der Waals surface area contributed by atoms with Crippen LogP contribution in [0.25, 0.3) is 0 Å². The van der Waals surface area contributed by atoms with E-state index in [1.165, 1.54) is 12.0 Å². The smallest absolute Gasteiger partial charge is 0.131 e. The first-order valence-corrected chi connectivity index (χ1v) is 6.92. The Hall–Kier alpha value is -0.670. The minimum absolute atomic E-state index is 0.302. The van der Waals surface area contributed by atoms with Crippen molar-refractivity contribution in [3.05, 3.63) is 34.3 Å². The van der Waals surface area contributed by atoms with Gasteiger partial charge in [0.1, 0.15) is 5.78 Å². The third kappa shape index (κ3) is 3.65. The fraction of sp³-hybridized carbons (Fsp3) is 0.500. The van der Waals surface area contributed by atoms with Gasteiger partial charge in [-0.1, -0.05) is 28.1 Å². The van der Waals surface area contributed by atoms with Crippen molar-refractivity contribution in [2.45, 2.75) is 38.8 Å². The third-order valence-electron chi connectivity index (χ3n) is 3.30. The summed E-state index contributed by atoms with van der Waals surface area (Å²) in [6, 6.07) is 8.86. The predicted octanol–water partition coefficient (Wildman–Crippen LogP) is 3.39. The molecular formula is C14H18BrNO. The summed E-state index contributed by atoms with van der Waals surface area (Å²) in [6.07, 6.45) is 3.08. The lowest BCUT2D eigenvalue weighted by molar-refractivity contribution is -0.118. The Kier molecular flexibility index (Phi) is 4.35. The minimum Gasteiger partial charge on any atom is -0.300 e. The number of hydrogen-bond acceptors (Lipinski definition) is 2. The molecule has 1 saturated heterocycles. The van der Waals surface area contributed by atoms with Crippen molar-refractivity contribution in [3.63, 3.8) is 0 Å². The molecule has 1 fully saturated rings. The van der Waals surface area contributed by atoms with Crippen LogP contribution in [0.3, 0.4) is 0 Å². The zero-order valence-electron chi connectivity index (χ0n) is 10.2. The van der Waals surface area contributed by atoms with Gasteiger partial charge in [-0.15, -0.1) is 0 Å². The number of likely N-dealkylation sites (tertiary alicyclic amines) is 1. The highest BCUT2D eigenvalue weighted by Gasteiger charge is 2.25. The Morgan fingerprint density at radius 3 is 3.06 bits per heavy atom. The molecule has 1 unspecified atom stereocenters.